The number of carboxylic acids is 1. The predicted molar refractivity (Wildman–Crippen MR) is 59.7 cm³/mol. The quantitative estimate of drug-likeness (QED) is 0.809. The van der Waals surface area contributed by atoms with Gasteiger partial charge in [-0.05, 0) is 25.0 Å². The average Bonchev–Trinajstić information content (AvgIpc) is 2.29. The molecule has 86 valence electrons. The second kappa shape index (κ2) is 4.53. The van der Waals surface area contributed by atoms with Gasteiger partial charge in [-0.2, -0.15) is 0 Å². The van der Waals surface area contributed by atoms with Gasteiger partial charge in [-0.15, -0.1) is 0 Å². The van der Waals surface area contributed by atoms with Crippen LogP contribution in [-0.4, -0.2) is 24.2 Å². The fourth-order valence-electron chi connectivity index (χ4n) is 2.08. The van der Waals surface area contributed by atoms with E-state index in [-0.39, 0.29) is 0 Å². The lowest BCUT2D eigenvalue weighted by Gasteiger charge is -2.25. The zero-order chi connectivity index (χ0) is 11.5. The van der Waals surface area contributed by atoms with E-state index in [1.54, 1.807) is 0 Å². The summed E-state index contributed by atoms with van der Waals surface area (Å²) < 4.78 is 5.51. The van der Waals surface area contributed by atoms with Crippen LogP contribution in [0.4, 0.5) is 0 Å². The monoisotopic (exact) mass is 221 g/mol. The van der Waals surface area contributed by atoms with Crippen molar-refractivity contribution in [1.82, 2.24) is 5.32 Å². The van der Waals surface area contributed by atoms with E-state index in [0.717, 1.165) is 23.3 Å². The molecule has 2 rings (SSSR count). The van der Waals surface area contributed by atoms with Crippen molar-refractivity contribution in [2.24, 2.45) is 0 Å². The van der Waals surface area contributed by atoms with Crippen molar-refractivity contribution in [2.45, 2.75) is 19.4 Å². The Kier molecular flexibility index (Phi) is 3.10. The van der Waals surface area contributed by atoms with Crippen LogP contribution in [0.25, 0.3) is 0 Å². The minimum Gasteiger partial charge on any atom is -0.494 e. The molecule has 1 unspecified atom stereocenters. The van der Waals surface area contributed by atoms with Gasteiger partial charge in [0.1, 0.15) is 11.8 Å². The molecule has 0 saturated carbocycles. The molecule has 0 aliphatic carbocycles. The summed E-state index contributed by atoms with van der Waals surface area (Å²) in [5, 5.41) is 12.1. The van der Waals surface area contributed by atoms with E-state index in [1.807, 2.05) is 25.1 Å². The summed E-state index contributed by atoms with van der Waals surface area (Å²) in [6.07, 6.45) is 0.815. The van der Waals surface area contributed by atoms with Crippen LogP contribution in [0.5, 0.6) is 5.75 Å². The number of benzene rings is 1. The topological polar surface area (TPSA) is 58.6 Å². The van der Waals surface area contributed by atoms with E-state index in [1.165, 1.54) is 0 Å². The summed E-state index contributed by atoms with van der Waals surface area (Å²) in [7, 11) is 0. The standard InChI is InChI=1S/C12H15NO3/c1-2-16-10-5-3-4-9-8(10)6-7-13-11(9)12(14)15/h3-5,11,13H,2,6-7H2,1H3,(H,14,15). The lowest BCUT2D eigenvalue weighted by molar-refractivity contribution is -0.139. The van der Waals surface area contributed by atoms with Crippen molar-refractivity contribution in [2.75, 3.05) is 13.2 Å². The van der Waals surface area contributed by atoms with Gasteiger partial charge in [0.2, 0.25) is 0 Å². The molecular formula is C12H15NO3. The first-order valence-electron chi connectivity index (χ1n) is 5.44. The number of hydrogen-bond acceptors (Lipinski definition) is 3. The molecule has 0 radical (unpaired) electrons. The van der Waals surface area contributed by atoms with E-state index in [4.69, 9.17) is 9.84 Å². The molecule has 0 aromatic heterocycles. The number of aliphatic carboxylic acids is 1. The molecule has 1 atom stereocenters. The predicted octanol–water partition coefficient (Wildman–Crippen LogP) is 1.36. The van der Waals surface area contributed by atoms with E-state index >= 15 is 0 Å². The van der Waals surface area contributed by atoms with Gasteiger partial charge in [0, 0.05) is 12.1 Å². The molecule has 0 bridgehead atoms. The van der Waals surface area contributed by atoms with Gasteiger partial charge in [0.15, 0.2) is 0 Å². The highest BCUT2D eigenvalue weighted by molar-refractivity contribution is 5.77. The summed E-state index contributed by atoms with van der Waals surface area (Å²) in [6, 6.07) is 4.98. The molecule has 1 heterocycles. The Balaban J connectivity index is 2.42. The zero-order valence-electron chi connectivity index (χ0n) is 9.19. The number of nitrogens with one attached hydrogen (secondary N) is 1. The summed E-state index contributed by atoms with van der Waals surface area (Å²) in [5.41, 5.74) is 1.85. The van der Waals surface area contributed by atoms with Crippen molar-refractivity contribution in [1.29, 1.82) is 0 Å². The summed E-state index contributed by atoms with van der Waals surface area (Å²) in [6.45, 7) is 3.20. The van der Waals surface area contributed by atoms with Gasteiger partial charge in [0.25, 0.3) is 0 Å². The average molecular weight is 221 g/mol. The van der Waals surface area contributed by atoms with Crippen molar-refractivity contribution in [3.63, 3.8) is 0 Å². The third-order valence-corrected chi connectivity index (χ3v) is 2.75. The first kappa shape index (κ1) is 11.0. The fraction of sp³-hybridized carbons (Fsp3) is 0.417. The Morgan fingerprint density at radius 1 is 1.62 bits per heavy atom. The number of ether oxygens (including phenoxy) is 1. The maximum absolute atomic E-state index is 11.1. The Hall–Kier alpha value is -1.55. The Morgan fingerprint density at radius 3 is 3.12 bits per heavy atom. The van der Waals surface area contributed by atoms with E-state index < -0.39 is 12.0 Å². The van der Waals surface area contributed by atoms with Gasteiger partial charge < -0.3 is 15.2 Å². The van der Waals surface area contributed by atoms with Crippen LogP contribution in [0, 0.1) is 0 Å². The Bertz CT molecular complexity index is 403. The number of hydrogen-bond donors (Lipinski definition) is 2. The first-order valence-corrected chi connectivity index (χ1v) is 5.44. The van der Waals surface area contributed by atoms with Crippen molar-refractivity contribution >= 4 is 5.97 Å². The van der Waals surface area contributed by atoms with Crippen molar-refractivity contribution < 1.29 is 14.6 Å². The van der Waals surface area contributed by atoms with Crippen LogP contribution < -0.4 is 10.1 Å². The zero-order valence-corrected chi connectivity index (χ0v) is 9.19. The number of carbonyl (C=O) groups is 1. The lowest BCUT2D eigenvalue weighted by atomic mass is 9.93. The summed E-state index contributed by atoms with van der Waals surface area (Å²) in [4.78, 5) is 11.1. The third kappa shape index (κ3) is 1.88. The fourth-order valence-corrected chi connectivity index (χ4v) is 2.08. The van der Waals surface area contributed by atoms with E-state index in [0.29, 0.717) is 13.2 Å². The van der Waals surface area contributed by atoms with Gasteiger partial charge >= 0.3 is 5.97 Å². The van der Waals surface area contributed by atoms with Gasteiger partial charge in [-0.25, -0.2) is 0 Å². The normalized spacial score (nSPS) is 18.9. The molecule has 1 aliphatic heterocycles. The molecule has 0 fully saturated rings. The lowest BCUT2D eigenvalue weighted by Crippen LogP contribution is -2.35. The maximum Gasteiger partial charge on any atom is 0.325 e. The molecule has 4 nitrogen and oxygen atoms in total. The molecule has 0 amide bonds. The van der Waals surface area contributed by atoms with Crippen LogP contribution in [0.1, 0.15) is 24.1 Å². The highest BCUT2D eigenvalue weighted by Crippen LogP contribution is 2.30. The maximum atomic E-state index is 11.1. The van der Waals surface area contributed by atoms with Crippen LogP contribution in [0.15, 0.2) is 18.2 Å². The van der Waals surface area contributed by atoms with Gasteiger partial charge in [0.05, 0.1) is 6.61 Å². The minimum absolute atomic E-state index is 0.599. The van der Waals surface area contributed by atoms with E-state index in [9.17, 15) is 4.79 Å². The minimum atomic E-state index is -0.838. The summed E-state index contributed by atoms with van der Waals surface area (Å²) >= 11 is 0. The van der Waals surface area contributed by atoms with Gasteiger partial charge in [-0.3, -0.25) is 4.79 Å². The number of fused-ring (bicyclic) bond motifs is 1. The van der Waals surface area contributed by atoms with Crippen LogP contribution in [0.3, 0.4) is 0 Å². The molecule has 0 spiro atoms. The molecule has 4 heteroatoms. The molecular weight excluding hydrogens is 206 g/mol. The largest absolute Gasteiger partial charge is 0.494 e. The number of carboxylic acid groups (broad SMARTS) is 1. The molecule has 1 aromatic rings. The van der Waals surface area contributed by atoms with Gasteiger partial charge in [-0.1, -0.05) is 12.1 Å². The van der Waals surface area contributed by atoms with E-state index in [2.05, 4.69) is 5.32 Å². The van der Waals surface area contributed by atoms with Crippen molar-refractivity contribution in [3.8, 4) is 5.75 Å². The first-order chi connectivity index (χ1) is 7.74. The molecule has 16 heavy (non-hydrogen) atoms. The molecule has 1 aromatic carbocycles. The third-order valence-electron chi connectivity index (χ3n) is 2.75. The Labute approximate surface area is 94.2 Å². The highest BCUT2D eigenvalue weighted by atomic mass is 16.5. The second-order valence-electron chi connectivity index (χ2n) is 3.73. The van der Waals surface area contributed by atoms with Crippen LogP contribution in [-0.2, 0) is 11.2 Å². The van der Waals surface area contributed by atoms with Crippen LogP contribution in [0.2, 0.25) is 0 Å². The van der Waals surface area contributed by atoms with Crippen LogP contribution >= 0.6 is 0 Å². The smallest absolute Gasteiger partial charge is 0.325 e. The number of rotatable bonds is 3. The highest BCUT2D eigenvalue weighted by Gasteiger charge is 2.27. The second-order valence-corrected chi connectivity index (χ2v) is 3.73. The SMILES string of the molecule is CCOc1cccc2c1CCNC2C(=O)O. The molecule has 0 saturated heterocycles. The summed E-state index contributed by atoms with van der Waals surface area (Å²) in [5.74, 6) is -0.0256. The molecule has 2 N–H and O–H groups in total. The Morgan fingerprint density at radius 2 is 2.44 bits per heavy atom. The van der Waals surface area contributed by atoms with Crippen molar-refractivity contribution in [3.05, 3.63) is 29.3 Å². The molecule has 1 aliphatic rings.